The van der Waals surface area contributed by atoms with Gasteiger partial charge >= 0.3 is 0 Å². The summed E-state index contributed by atoms with van der Waals surface area (Å²) >= 11 is 0. The van der Waals surface area contributed by atoms with Crippen LogP contribution in [-0.2, 0) is 4.74 Å². The average Bonchev–Trinajstić information content (AvgIpc) is 2.51. The molecular formula is C15H27N5O. The van der Waals surface area contributed by atoms with E-state index in [1.165, 1.54) is 12.8 Å². The van der Waals surface area contributed by atoms with Gasteiger partial charge in [0.15, 0.2) is 0 Å². The third-order valence-corrected chi connectivity index (χ3v) is 3.57. The predicted molar refractivity (Wildman–Crippen MR) is 85.8 cm³/mol. The molecule has 0 radical (unpaired) electrons. The zero-order valence-electron chi connectivity index (χ0n) is 13.0. The third-order valence-electron chi connectivity index (χ3n) is 3.57. The Hall–Kier alpha value is -1.40. The molecule has 6 nitrogen and oxygen atoms in total. The minimum Gasteiger partial charge on any atom is -0.378 e. The summed E-state index contributed by atoms with van der Waals surface area (Å²) in [6.45, 7) is 6.98. The van der Waals surface area contributed by atoms with E-state index in [2.05, 4.69) is 20.2 Å². The lowest BCUT2D eigenvalue weighted by molar-refractivity contribution is 0.122. The predicted octanol–water partition coefficient (Wildman–Crippen LogP) is 1.55. The van der Waals surface area contributed by atoms with E-state index in [0.717, 1.165) is 69.7 Å². The van der Waals surface area contributed by atoms with Crippen LogP contribution in [0.15, 0.2) is 6.07 Å². The molecule has 0 saturated carbocycles. The van der Waals surface area contributed by atoms with Gasteiger partial charge in [0.1, 0.15) is 5.82 Å². The minimum absolute atomic E-state index is 0.751. The topological polar surface area (TPSA) is 76.3 Å². The molecule has 1 aliphatic heterocycles. The molecule has 2 rings (SSSR count). The Morgan fingerprint density at radius 2 is 1.95 bits per heavy atom. The van der Waals surface area contributed by atoms with Gasteiger partial charge < -0.3 is 20.7 Å². The van der Waals surface area contributed by atoms with E-state index in [4.69, 9.17) is 10.5 Å². The van der Waals surface area contributed by atoms with Crippen molar-refractivity contribution in [1.82, 2.24) is 9.97 Å². The Bertz CT molecular complexity index is 421. The molecule has 0 atom stereocenters. The quantitative estimate of drug-likeness (QED) is 0.708. The van der Waals surface area contributed by atoms with E-state index in [9.17, 15) is 0 Å². The number of anilines is 2. The van der Waals surface area contributed by atoms with Crippen molar-refractivity contribution in [2.75, 3.05) is 49.6 Å². The first-order valence-electron chi connectivity index (χ1n) is 7.92. The Balaban J connectivity index is 1.83. The van der Waals surface area contributed by atoms with Gasteiger partial charge in [-0.15, -0.1) is 0 Å². The average molecular weight is 293 g/mol. The van der Waals surface area contributed by atoms with Crippen LogP contribution in [0.5, 0.6) is 0 Å². The molecule has 0 aliphatic carbocycles. The van der Waals surface area contributed by atoms with Crippen molar-refractivity contribution in [1.29, 1.82) is 0 Å². The van der Waals surface area contributed by atoms with Crippen molar-refractivity contribution in [3.63, 3.8) is 0 Å². The SMILES string of the molecule is Cc1cc(NCCCCCCN)nc(N2CCOCC2)n1. The molecule has 0 spiro atoms. The molecule has 118 valence electrons. The van der Waals surface area contributed by atoms with E-state index in [0.29, 0.717) is 0 Å². The largest absolute Gasteiger partial charge is 0.378 e. The van der Waals surface area contributed by atoms with Gasteiger partial charge in [-0.2, -0.15) is 4.98 Å². The number of hydrogen-bond donors (Lipinski definition) is 2. The fourth-order valence-electron chi connectivity index (χ4n) is 2.39. The second kappa shape index (κ2) is 8.79. The van der Waals surface area contributed by atoms with Crippen LogP contribution in [0.4, 0.5) is 11.8 Å². The second-order valence-electron chi connectivity index (χ2n) is 5.42. The lowest BCUT2D eigenvalue weighted by atomic mass is 10.2. The van der Waals surface area contributed by atoms with Gasteiger partial charge in [-0.1, -0.05) is 12.8 Å². The molecule has 0 bridgehead atoms. The Morgan fingerprint density at radius 1 is 1.19 bits per heavy atom. The summed E-state index contributed by atoms with van der Waals surface area (Å²) in [7, 11) is 0. The monoisotopic (exact) mass is 293 g/mol. The zero-order valence-corrected chi connectivity index (χ0v) is 13.0. The maximum atomic E-state index is 5.49. The fourth-order valence-corrected chi connectivity index (χ4v) is 2.39. The lowest BCUT2D eigenvalue weighted by Crippen LogP contribution is -2.37. The summed E-state index contributed by atoms with van der Waals surface area (Å²) in [4.78, 5) is 11.3. The second-order valence-corrected chi connectivity index (χ2v) is 5.42. The van der Waals surface area contributed by atoms with Gasteiger partial charge in [0.25, 0.3) is 0 Å². The zero-order chi connectivity index (χ0) is 14.9. The number of aromatic nitrogens is 2. The van der Waals surface area contributed by atoms with Crippen molar-refractivity contribution in [2.45, 2.75) is 32.6 Å². The normalized spacial score (nSPS) is 15.2. The molecule has 21 heavy (non-hydrogen) atoms. The molecule has 0 amide bonds. The third kappa shape index (κ3) is 5.47. The van der Waals surface area contributed by atoms with Crippen LogP contribution in [0.25, 0.3) is 0 Å². The van der Waals surface area contributed by atoms with Crippen molar-refractivity contribution in [3.05, 3.63) is 11.8 Å². The molecule has 6 heteroatoms. The molecule has 1 saturated heterocycles. The highest BCUT2D eigenvalue weighted by molar-refractivity contribution is 5.43. The van der Waals surface area contributed by atoms with Crippen LogP contribution in [0.2, 0.25) is 0 Å². The molecule has 2 heterocycles. The van der Waals surface area contributed by atoms with Crippen LogP contribution in [0, 0.1) is 6.92 Å². The first kappa shape index (κ1) is 16.0. The van der Waals surface area contributed by atoms with E-state index in [1.54, 1.807) is 0 Å². The highest BCUT2D eigenvalue weighted by Crippen LogP contribution is 2.15. The number of nitrogens with zero attached hydrogens (tertiary/aromatic N) is 3. The van der Waals surface area contributed by atoms with Gasteiger partial charge in [0.05, 0.1) is 13.2 Å². The lowest BCUT2D eigenvalue weighted by Gasteiger charge is -2.27. The molecule has 0 aromatic carbocycles. The number of ether oxygens (including phenoxy) is 1. The summed E-state index contributed by atoms with van der Waals surface area (Å²) in [5.74, 6) is 1.73. The Morgan fingerprint density at radius 3 is 2.71 bits per heavy atom. The van der Waals surface area contributed by atoms with Crippen molar-refractivity contribution in [3.8, 4) is 0 Å². The molecule has 3 N–H and O–H groups in total. The van der Waals surface area contributed by atoms with Gasteiger partial charge in [0, 0.05) is 31.4 Å². The Labute approximate surface area is 127 Å². The number of hydrogen-bond acceptors (Lipinski definition) is 6. The van der Waals surface area contributed by atoms with Gasteiger partial charge in [-0.05, 0) is 26.3 Å². The molecule has 1 aromatic rings. The van der Waals surface area contributed by atoms with Crippen LogP contribution in [0.1, 0.15) is 31.4 Å². The van der Waals surface area contributed by atoms with E-state index in [1.807, 2.05) is 13.0 Å². The van der Waals surface area contributed by atoms with Crippen LogP contribution >= 0.6 is 0 Å². The standard InChI is InChI=1S/C15H27N5O/c1-13-12-14(17-7-5-3-2-4-6-16)19-15(18-13)20-8-10-21-11-9-20/h12H,2-11,16H2,1H3,(H,17,18,19). The van der Waals surface area contributed by atoms with Crippen LogP contribution in [-0.4, -0.2) is 49.4 Å². The summed E-state index contributed by atoms with van der Waals surface area (Å²) in [6, 6.07) is 2.00. The molecule has 1 aliphatic rings. The minimum atomic E-state index is 0.751. The summed E-state index contributed by atoms with van der Waals surface area (Å²) in [6.07, 6.45) is 4.69. The molecule has 1 aromatic heterocycles. The summed E-state index contributed by atoms with van der Waals surface area (Å²) in [5, 5.41) is 3.40. The number of rotatable bonds is 8. The van der Waals surface area contributed by atoms with Crippen LogP contribution in [0.3, 0.4) is 0 Å². The van der Waals surface area contributed by atoms with Gasteiger partial charge in [0.2, 0.25) is 5.95 Å². The smallest absolute Gasteiger partial charge is 0.227 e. The summed E-state index contributed by atoms with van der Waals surface area (Å²) in [5.41, 5.74) is 6.49. The molecule has 0 unspecified atom stereocenters. The highest BCUT2D eigenvalue weighted by Gasteiger charge is 2.14. The number of morpholine rings is 1. The summed E-state index contributed by atoms with van der Waals surface area (Å²) < 4.78 is 5.37. The van der Waals surface area contributed by atoms with Crippen molar-refractivity contribution < 1.29 is 4.74 Å². The molecule has 1 fully saturated rings. The number of nitrogens with one attached hydrogen (secondary N) is 1. The number of aryl methyl sites for hydroxylation is 1. The van der Waals surface area contributed by atoms with Gasteiger partial charge in [-0.25, -0.2) is 4.98 Å². The first-order valence-corrected chi connectivity index (χ1v) is 7.92. The van der Waals surface area contributed by atoms with E-state index in [-0.39, 0.29) is 0 Å². The van der Waals surface area contributed by atoms with E-state index >= 15 is 0 Å². The maximum absolute atomic E-state index is 5.49. The van der Waals surface area contributed by atoms with Crippen LogP contribution < -0.4 is 16.0 Å². The molecular weight excluding hydrogens is 266 g/mol. The maximum Gasteiger partial charge on any atom is 0.227 e. The number of nitrogens with two attached hydrogens (primary N) is 1. The number of unbranched alkanes of at least 4 members (excludes halogenated alkanes) is 3. The van der Waals surface area contributed by atoms with Crippen molar-refractivity contribution >= 4 is 11.8 Å². The fraction of sp³-hybridized carbons (Fsp3) is 0.733. The first-order chi connectivity index (χ1) is 10.3. The highest BCUT2D eigenvalue weighted by atomic mass is 16.5. The van der Waals surface area contributed by atoms with Gasteiger partial charge in [-0.3, -0.25) is 0 Å². The Kier molecular flexibility index (Phi) is 6.69. The van der Waals surface area contributed by atoms with E-state index < -0.39 is 0 Å². The van der Waals surface area contributed by atoms with Crippen molar-refractivity contribution in [2.24, 2.45) is 5.73 Å².